The molecule has 3 amide bonds. The Hall–Kier alpha value is -4.46. The van der Waals surface area contributed by atoms with Crippen LogP contribution in [0.1, 0.15) is 28.7 Å². The maximum absolute atomic E-state index is 13.6. The molecule has 2 heterocycles. The average molecular weight is 512 g/mol. The normalized spacial score (nSPS) is 18.7. The van der Waals surface area contributed by atoms with Gasteiger partial charge in [-0.05, 0) is 35.1 Å². The van der Waals surface area contributed by atoms with Crippen LogP contribution >= 0.6 is 0 Å². The van der Waals surface area contributed by atoms with E-state index in [-0.39, 0.29) is 25.2 Å². The fourth-order valence-corrected chi connectivity index (χ4v) is 5.32. The van der Waals surface area contributed by atoms with Crippen LogP contribution in [0.4, 0.5) is 5.69 Å². The van der Waals surface area contributed by atoms with Gasteiger partial charge in [-0.1, -0.05) is 78.9 Å². The molecular formula is C30H29N3O5. The van der Waals surface area contributed by atoms with Crippen molar-refractivity contribution in [3.63, 3.8) is 0 Å². The molecule has 3 aromatic rings. The van der Waals surface area contributed by atoms with Gasteiger partial charge in [0.2, 0.25) is 17.7 Å². The molecule has 0 aliphatic carbocycles. The fraction of sp³-hybridized carbons (Fsp3) is 0.267. The van der Waals surface area contributed by atoms with E-state index >= 15 is 0 Å². The topological polar surface area (TPSA) is 116 Å². The number of rotatable bonds is 8. The van der Waals surface area contributed by atoms with Crippen molar-refractivity contribution in [1.29, 1.82) is 0 Å². The highest BCUT2D eigenvalue weighted by atomic mass is 16.4. The van der Waals surface area contributed by atoms with E-state index in [1.165, 1.54) is 4.90 Å². The smallest absolute Gasteiger partial charge is 0.327 e. The van der Waals surface area contributed by atoms with Crippen LogP contribution in [0, 0.1) is 0 Å². The van der Waals surface area contributed by atoms with Crippen molar-refractivity contribution in [2.75, 3.05) is 4.90 Å². The van der Waals surface area contributed by atoms with Crippen LogP contribution in [0.3, 0.4) is 0 Å². The number of para-hydroxylation sites is 1. The van der Waals surface area contributed by atoms with Gasteiger partial charge in [-0.25, -0.2) is 4.79 Å². The lowest BCUT2D eigenvalue weighted by molar-refractivity contribution is -0.140. The van der Waals surface area contributed by atoms with Crippen LogP contribution in [0.5, 0.6) is 0 Å². The molecule has 8 nitrogen and oxygen atoms in total. The van der Waals surface area contributed by atoms with Crippen LogP contribution in [0.2, 0.25) is 0 Å². The van der Waals surface area contributed by atoms with E-state index in [9.17, 15) is 24.3 Å². The van der Waals surface area contributed by atoms with Crippen molar-refractivity contribution < 1.29 is 24.3 Å². The SMILES string of the molecule is O=C(Cc1ccccc1)N[C@@H](Cc1ccccc1)C(=O)N[C@H]1CCc2cccc3c2N(C1=O)[C@H](C(=O)O)C3. The fourth-order valence-electron chi connectivity index (χ4n) is 5.32. The second-order valence-electron chi connectivity index (χ2n) is 9.76. The van der Waals surface area contributed by atoms with E-state index < -0.39 is 35.9 Å². The summed E-state index contributed by atoms with van der Waals surface area (Å²) in [5.74, 6) is -2.31. The van der Waals surface area contributed by atoms with E-state index in [1.54, 1.807) is 0 Å². The molecule has 5 rings (SSSR count). The maximum Gasteiger partial charge on any atom is 0.327 e. The first-order chi connectivity index (χ1) is 18.4. The molecule has 3 N–H and O–H groups in total. The number of carboxylic acids is 1. The molecule has 0 saturated heterocycles. The number of nitrogens with zero attached hydrogens (tertiary/aromatic N) is 1. The molecule has 8 heteroatoms. The Balaban J connectivity index is 1.36. The molecule has 0 bridgehead atoms. The van der Waals surface area contributed by atoms with Gasteiger partial charge in [-0.3, -0.25) is 19.3 Å². The minimum atomic E-state index is -1.08. The Morgan fingerprint density at radius 1 is 0.895 bits per heavy atom. The van der Waals surface area contributed by atoms with Crippen molar-refractivity contribution in [3.05, 3.63) is 101 Å². The second-order valence-corrected chi connectivity index (χ2v) is 9.76. The predicted octanol–water partition coefficient (Wildman–Crippen LogP) is 2.43. The highest BCUT2D eigenvalue weighted by molar-refractivity contribution is 6.07. The molecule has 0 fully saturated rings. The number of carboxylic acid groups (broad SMARTS) is 1. The first kappa shape index (κ1) is 25.2. The minimum absolute atomic E-state index is 0.119. The standard InChI is InChI=1S/C30H29N3O5/c34-26(17-20-10-5-2-6-11-20)31-24(16-19-8-3-1-4-9-19)28(35)32-23-15-14-21-12-7-13-22-18-25(30(37)38)33(27(21)22)29(23)36/h1-13,23-25H,14-18H2,(H,31,34)(H,32,35)(H,37,38)/t23-,24-,25-/m0/s1. The molecule has 0 saturated carbocycles. The summed E-state index contributed by atoms with van der Waals surface area (Å²) in [7, 11) is 0. The Kier molecular flexibility index (Phi) is 7.22. The van der Waals surface area contributed by atoms with Gasteiger partial charge in [0, 0.05) is 12.8 Å². The number of amides is 3. The monoisotopic (exact) mass is 511 g/mol. The van der Waals surface area contributed by atoms with Gasteiger partial charge < -0.3 is 15.7 Å². The summed E-state index contributed by atoms with van der Waals surface area (Å²) in [5, 5.41) is 15.5. The number of aryl methyl sites for hydroxylation is 1. The Morgan fingerprint density at radius 2 is 1.55 bits per heavy atom. The number of aliphatic carboxylic acids is 1. The van der Waals surface area contributed by atoms with Crippen molar-refractivity contribution in [3.8, 4) is 0 Å². The lowest BCUT2D eigenvalue weighted by atomic mass is 10.0. The molecule has 3 aromatic carbocycles. The zero-order valence-corrected chi connectivity index (χ0v) is 20.8. The lowest BCUT2D eigenvalue weighted by Gasteiger charge is -2.27. The molecule has 0 spiro atoms. The Bertz CT molecular complexity index is 1360. The lowest BCUT2D eigenvalue weighted by Crippen LogP contribution is -2.56. The third-order valence-electron chi connectivity index (χ3n) is 7.15. The average Bonchev–Trinajstić information content (AvgIpc) is 3.26. The molecule has 2 aliphatic rings. The summed E-state index contributed by atoms with van der Waals surface area (Å²) in [6.07, 6.45) is 1.46. The Labute approximate surface area is 220 Å². The summed E-state index contributed by atoms with van der Waals surface area (Å²) < 4.78 is 0. The van der Waals surface area contributed by atoms with Gasteiger partial charge in [0.1, 0.15) is 18.1 Å². The highest BCUT2D eigenvalue weighted by Crippen LogP contribution is 2.39. The van der Waals surface area contributed by atoms with E-state index in [2.05, 4.69) is 10.6 Å². The van der Waals surface area contributed by atoms with Gasteiger partial charge in [0.15, 0.2) is 0 Å². The molecule has 38 heavy (non-hydrogen) atoms. The summed E-state index contributed by atoms with van der Waals surface area (Å²) >= 11 is 0. The van der Waals surface area contributed by atoms with Crippen molar-refractivity contribution in [1.82, 2.24) is 10.6 Å². The van der Waals surface area contributed by atoms with Crippen molar-refractivity contribution >= 4 is 29.4 Å². The van der Waals surface area contributed by atoms with Crippen LogP contribution in [0.25, 0.3) is 0 Å². The zero-order valence-electron chi connectivity index (χ0n) is 20.8. The number of benzene rings is 3. The Morgan fingerprint density at radius 3 is 2.24 bits per heavy atom. The number of hydrogen-bond acceptors (Lipinski definition) is 4. The van der Waals surface area contributed by atoms with Gasteiger partial charge >= 0.3 is 5.97 Å². The summed E-state index contributed by atoms with van der Waals surface area (Å²) in [6.45, 7) is 0. The molecule has 2 aliphatic heterocycles. The van der Waals surface area contributed by atoms with E-state index in [1.807, 2.05) is 78.9 Å². The summed E-state index contributed by atoms with van der Waals surface area (Å²) in [4.78, 5) is 53.4. The molecule has 194 valence electrons. The largest absolute Gasteiger partial charge is 0.480 e. The third-order valence-corrected chi connectivity index (χ3v) is 7.15. The molecule has 0 radical (unpaired) electrons. The van der Waals surface area contributed by atoms with Gasteiger partial charge in [0.05, 0.1) is 12.1 Å². The highest BCUT2D eigenvalue weighted by Gasteiger charge is 2.44. The number of carbonyl (C=O) groups is 4. The van der Waals surface area contributed by atoms with E-state index in [0.717, 1.165) is 22.3 Å². The van der Waals surface area contributed by atoms with Crippen LogP contribution in [-0.4, -0.2) is 46.9 Å². The second kappa shape index (κ2) is 10.9. The first-order valence-corrected chi connectivity index (χ1v) is 12.7. The number of carbonyl (C=O) groups excluding carboxylic acids is 3. The minimum Gasteiger partial charge on any atom is -0.480 e. The van der Waals surface area contributed by atoms with Crippen LogP contribution in [-0.2, 0) is 44.9 Å². The van der Waals surface area contributed by atoms with Gasteiger partial charge in [-0.2, -0.15) is 0 Å². The number of hydrogen-bond donors (Lipinski definition) is 3. The van der Waals surface area contributed by atoms with Crippen molar-refractivity contribution in [2.24, 2.45) is 0 Å². The number of anilines is 1. The van der Waals surface area contributed by atoms with E-state index in [4.69, 9.17) is 0 Å². The van der Waals surface area contributed by atoms with E-state index in [0.29, 0.717) is 18.5 Å². The molecule has 0 aromatic heterocycles. The third kappa shape index (κ3) is 5.29. The molecule has 3 atom stereocenters. The number of nitrogens with one attached hydrogen (secondary N) is 2. The molecular weight excluding hydrogens is 482 g/mol. The van der Waals surface area contributed by atoms with Gasteiger partial charge in [-0.15, -0.1) is 0 Å². The molecule has 0 unspecified atom stereocenters. The van der Waals surface area contributed by atoms with Gasteiger partial charge in [0.25, 0.3) is 0 Å². The first-order valence-electron chi connectivity index (χ1n) is 12.7. The van der Waals surface area contributed by atoms with Crippen molar-refractivity contribution in [2.45, 2.75) is 50.2 Å². The maximum atomic E-state index is 13.6. The van der Waals surface area contributed by atoms with Crippen LogP contribution in [0.15, 0.2) is 78.9 Å². The summed E-state index contributed by atoms with van der Waals surface area (Å²) in [5.41, 5.74) is 4.06. The quantitative estimate of drug-likeness (QED) is 0.430. The zero-order chi connectivity index (χ0) is 26.6. The van der Waals surface area contributed by atoms with Crippen LogP contribution < -0.4 is 15.5 Å². The predicted molar refractivity (Wildman–Crippen MR) is 142 cm³/mol. The summed E-state index contributed by atoms with van der Waals surface area (Å²) in [6, 6.07) is 21.4.